The van der Waals surface area contributed by atoms with Crippen LogP contribution in [0.15, 0.2) is 0 Å². The fourth-order valence-electron chi connectivity index (χ4n) is 0.646. The molecule has 0 saturated heterocycles. The molecule has 0 aromatic heterocycles. The molecule has 0 aliphatic rings. The van der Waals surface area contributed by atoms with Gasteiger partial charge in [-0.1, -0.05) is 6.92 Å². The highest BCUT2D eigenvalue weighted by Gasteiger charge is 2.25. The molecule has 8 N–H and O–H groups in total. The summed E-state index contributed by atoms with van der Waals surface area (Å²) in [5.41, 5.74) is 1.88. The number of rotatable bonds is 4. The van der Waals surface area contributed by atoms with E-state index in [0.29, 0.717) is 0 Å². The number of carbonyl (C=O) groups is 1. The number of amides is 1. The summed E-state index contributed by atoms with van der Waals surface area (Å²) in [6.45, 7) is 1.49. The van der Waals surface area contributed by atoms with Crippen molar-refractivity contribution in [2.45, 2.75) is 6.92 Å². The van der Waals surface area contributed by atoms with Gasteiger partial charge in [0.2, 0.25) is 5.91 Å². The molecule has 9 heteroatoms. The smallest absolute Gasteiger partial charge is 0.324 e. The molecule has 0 heterocycles. The zero-order chi connectivity index (χ0) is 11.8. The zero-order valence-corrected chi connectivity index (χ0v) is 9.03. The SMILES string of the molecule is COP(=O)(O)CC(C)C(=O)NN.NN. The van der Waals surface area contributed by atoms with Gasteiger partial charge in [-0.25, -0.2) is 5.84 Å². The highest BCUT2D eigenvalue weighted by Crippen LogP contribution is 2.42. The van der Waals surface area contributed by atoms with Crippen LogP contribution in [0.3, 0.4) is 0 Å². The molecule has 1 amide bonds. The van der Waals surface area contributed by atoms with Gasteiger partial charge in [-0.15, -0.1) is 0 Å². The second-order valence-electron chi connectivity index (χ2n) is 2.41. The third-order valence-electron chi connectivity index (χ3n) is 1.38. The Bertz CT molecular complexity index is 212. The Morgan fingerprint density at radius 1 is 1.64 bits per heavy atom. The van der Waals surface area contributed by atoms with E-state index < -0.39 is 19.4 Å². The third kappa shape index (κ3) is 6.96. The van der Waals surface area contributed by atoms with Crippen LogP contribution in [0, 0.1) is 5.92 Å². The molecule has 2 atom stereocenters. The maximum Gasteiger partial charge on any atom is 0.328 e. The van der Waals surface area contributed by atoms with Crippen LogP contribution in [0.4, 0.5) is 0 Å². The fraction of sp³-hybridized carbons (Fsp3) is 0.800. The third-order valence-corrected chi connectivity index (χ3v) is 2.96. The lowest BCUT2D eigenvalue weighted by molar-refractivity contribution is -0.124. The summed E-state index contributed by atoms with van der Waals surface area (Å²) in [6, 6.07) is 0. The van der Waals surface area contributed by atoms with Crippen molar-refractivity contribution in [3.63, 3.8) is 0 Å². The Morgan fingerprint density at radius 2 is 2.07 bits per heavy atom. The minimum atomic E-state index is -3.61. The standard InChI is InChI=1S/C5H13N2O4P.H4N2/c1-4(5(8)7-6)3-12(9,10)11-2;1-2/h4H,3,6H2,1-2H3,(H,7,8)(H,9,10);1-2H2. The van der Waals surface area contributed by atoms with Gasteiger partial charge < -0.3 is 9.42 Å². The summed E-state index contributed by atoms with van der Waals surface area (Å²) in [6.07, 6.45) is -0.230. The number of hydrogen-bond donors (Lipinski definition) is 5. The second kappa shape index (κ2) is 7.86. The topological polar surface area (TPSA) is 154 Å². The van der Waals surface area contributed by atoms with Crippen molar-refractivity contribution in [1.29, 1.82) is 0 Å². The van der Waals surface area contributed by atoms with Gasteiger partial charge in [0, 0.05) is 13.0 Å². The van der Waals surface area contributed by atoms with E-state index in [4.69, 9.17) is 10.7 Å². The van der Waals surface area contributed by atoms with E-state index in [1.807, 2.05) is 5.43 Å². The Hall–Kier alpha value is -0.500. The van der Waals surface area contributed by atoms with E-state index >= 15 is 0 Å². The molecule has 0 spiro atoms. The van der Waals surface area contributed by atoms with Gasteiger partial charge in [0.1, 0.15) is 0 Å². The van der Waals surface area contributed by atoms with Gasteiger partial charge in [0.15, 0.2) is 0 Å². The van der Waals surface area contributed by atoms with Crippen LogP contribution in [0.25, 0.3) is 0 Å². The minimum absolute atomic E-state index is 0.230. The largest absolute Gasteiger partial charge is 0.328 e. The first-order valence-electron chi connectivity index (χ1n) is 3.64. The van der Waals surface area contributed by atoms with Crippen LogP contribution < -0.4 is 23.0 Å². The Morgan fingerprint density at radius 3 is 2.36 bits per heavy atom. The van der Waals surface area contributed by atoms with Gasteiger partial charge in [-0.2, -0.15) is 0 Å². The molecule has 0 aromatic carbocycles. The maximum atomic E-state index is 10.9. The van der Waals surface area contributed by atoms with E-state index in [0.717, 1.165) is 7.11 Å². The molecular formula is C5H17N4O4P. The Labute approximate surface area is 82.2 Å². The van der Waals surface area contributed by atoms with Gasteiger partial charge >= 0.3 is 7.60 Å². The molecule has 0 aromatic rings. The monoisotopic (exact) mass is 228 g/mol. The first-order valence-corrected chi connectivity index (χ1v) is 5.40. The second-order valence-corrected chi connectivity index (χ2v) is 4.42. The van der Waals surface area contributed by atoms with Gasteiger partial charge in [0.05, 0.1) is 6.16 Å². The number of carbonyl (C=O) groups excluding carboxylic acids is 1. The lowest BCUT2D eigenvalue weighted by atomic mass is 10.2. The van der Waals surface area contributed by atoms with Crippen molar-refractivity contribution >= 4 is 13.5 Å². The van der Waals surface area contributed by atoms with Crippen molar-refractivity contribution in [1.82, 2.24) is 5.43 Å². The van der Waals surface area contributed by atoms with Crippen molar-refractivity contribution in [3.05, 3.63) is 0 Å². The average molecular weight is 228 g/mol. The van der Waals surface area contributed by atoms with Gasteiger partial charge in [0.25, 0.3) is 0 Å². The van der Waals surface area contributed by atoms with Crippen molar-refractivity contribution < 1.29 is 18.8 Å². The van der Waals surface area contributed by atoms with Crippen molar-refractivity contribution in [3.8, 4) is 0 Å². The molecule has 14 heavy (non-hydrogen) atoms. The summed E-state index contributed by atoms with van der Waals surface area (Å²) in [7, 11) is -2.49. The molecule has 0 aliphatic heterocycles. The summed E-state index contributed by atoms with van der Waals surface area (Å²) < 4.78 is 15.2. The van der Waals surface area contributed by atoms with Crippen LogP contribution in [-0.2, 0) is 13.9 Å². The highest BCUT2D eigenvalue weighted by atomic mass is 31.2. The summed E-state index contributed by atoms with van der Waals surface area (Å²) in [5, 5.41) is 0. The van der Waals surface area contributed by atoms with Crippen LogP contribution in [0.2, 0.25) is 0 Å². The summed E-state index contributed by atoms with van der Waals surface area (Å²) in [5.74, 6) is 11.7. The molecule has 0 aliphatic carbocycles. The van der Waals surface area contributed by atoms with Gasteiger partial charge in [-0.05, 0) is 0 Å². The van der Waals surface area contributed by atoms with Crippen LogP contribution >= 0.6 is 7.60 Å². The molecule has 0 rings (SSSR count). The average Bonchev–Trinajstić information content (AvgIpc) is 2.19. The molecule has 0 bridgehead atoms. The lowest BCUT2D eigenvalue weighted by Crippen LogP contribution is -2.36. The van der Waals surface area contributed by atoms with Gasteiger partial charge in [-0.3, -0.25) is 26.5 Å². The molecule has 0 saturated carbocycles. The van der Waals surface area contributed by atoms with E-state index in [9.17, 15) is 9.36 Å². The quantitative estimate of drug-likeness (QED) is 0.165. The number of nitrogens with two attached hydrogens (primary N) is 3. The Kier molecular flexibility index (Phi) is 8.96. The molecule has 8 nitrogen and oxygen atoms in total. The number of nitrogens with one attached hydrogen (secondary N) is 1. The zero-order valence-electron chi connectivity index (χ0n) is 8.14. The molecule has 0 radical (unpaired) electrons. The highest BCUT2D eigenvalue weighted by molar-refractivity contribution is 7.52. The fourth-order valence-corrected chi connectivity index (χ4v) is 1.65. The van der Waals surface area contributed by atoms with E-state index in [-0.39, 0.29) is 6.16 Å². The predicted molar refractivity (Wildman–Crippen MR) is 51.6 cm³/mol. The lowest BCUT2D eigenvalue weighted by Gasteiger charge is -2.12. The normalized spacial score (nSPS) is 15.9. The Balaban J connectivity index is 0. The number of hydrogen-bond acceptors (Lipinski definition) is 6. The van der Waals surface area contributed by atoms with Crippen molar-refractivity contribution in [2.75, 3.05) is 13.3 Å². The summed E-state index contributed by atoms with van der Waals surface area (Å²) in [4.78, 5) is 19.7. The molecule has 86 valence electrons. The number of hydrazine groups is 2. The van der Waals surface area contributed by atoms with Crippen LogP contribution in [0.5, 0.6) is 0 Å². The first kappa shape index (κ1) is 15.9. The first-order chi connectivity index (χ1) is 6.43. The van der Waals surface area contributed by atoms with E-state index in [2.05, 4.69) is 16.2 Å². The van der Waals surface area contributed by atoms with E-state index in [1.165, 1.54) is 6.92 Å². The molecule has 0 fully saturated rings. The predicted octanol–water partition coefficient (Wildman–Crippen LogP) is -1.74. The maximum absolute atomic E-state index is 10.9. The minimum Gasteiger partial charge on any atom is -0.324 e. The van der Waals surface area contributed by atoms with Crippen LogP contribution in [0.1, 0.15) is 6.92 Å². The molecule has 2 unspecified atom stereocenters. The van der Waals surface area contributed by atoms with E-state index in [1.54, 1.807) is 0 Å². The molecular weight excluding hydrogens is 211 g/mol. The van der Waals surface area contributed by atoms with Crippen molar-refractivity contribution in [2.24, 2.45) is 23.4 Å². The van der Waals surface area contributed by atoms with Crippen LogP contribution in [-0.4, -0.2) is 24.1 Å². The summed E-state index contributed by atoms with van der Waals surface area (Å²) >= 11 is 0.